The van der Waals surface area contributed by atoms with Crippen molar-refractivity contribution in [3.8, 4) is 17.0 Å². The number of nitrogens with one attached hydrogen (secondary N) is 2. The van der Waals surface area contributed by atoms with Gasteiger partial charge in [-0.15, -0.1) is 0 Å². The second kappa shape index (κ2) is 9.11. The second-order valence-electron chi connectivity index (χ2n) is 6.53. The first-order valence-electron chi connectivity index (χ1n) is 9.30. The Hall–Kier alpha value is -3.49. The van der Waals surface area contributed by atoms with Crippen LogP contribution in [-0.4, -0.2) is 28.0 Å². The van der Waals surface area contributed by atoms with E-state index in [1.165, 1.54) is 23.9 Å². The molecule has 2 heterocycles. The van der Waals surface area contributed by atoms with Crippen molar-refractivity contribution in [1.29, 1.82) is 0 Å². The van der Waals surface area contributed by atoms with E-state index in [1.807, 2.05) is 43.3 Å². The topological polar surface area (TPSA) is 89.0 Å². The highest BCUT2D eigenvalue weighted by Crippen LogP contribution is 2.30. The molecular formula is C22H18ClN5O2S. The third-order valence-corrected chi connectivity index (χ3v) is 5.70. The fourth-order valence-corrected chi connectivity index (χ4v) is 3.93. The van der Waals surface area contributed by atoms with E-state index in [0.29, 0.717) is 32.2 Å². The minimum absolute atomic E-state index is 0.279. The van der Waals surface area contributed by atoms with Crippen molar-refractivity contribution in [1.82, 2.24) is 15.0 Å². The lowest BCUT2D eigenvalue weighted by molar-refractivity contribution is 0.103. The van der Waals surface area contributed by atoms with E-state index in [2.05, 4.69) is 25.6 Å². The number of aromatic nitrogens is 3. The van der Waals surface area contributed by atoms with E-state index in [1.54, 1.807) is 19.2 Å². The Morgan fingerprint density at radius 1 is 1.10 bits per heavy atom. The van der Waals surface area contributed by atoms with Gasteiger partial charge < -0.3 is 15.4 Å². The predicted molar refractivity (Wildman–Crippen MR) is 124 cm³/mol. The van der Waals surface area contributed by atoms with Crippen LogP contribution >= 0.6 is 22.9 Å². The summed E-state index contributed by atoms with van der Waals surface area (Å²) in [4.78, 5) is 25.9. The molecule has 2 aromatic heterocycles. The molecule has 0 fully saturated rings. The van der Waals surface area contributed by atoms with Crippen LogP contribution in [0.1, 0.15) is 15.2 Å². The van der Waals surface area contributed by atoms with Gasteiger partial charge in [0.25, 0.3) is 5.91 Å². The third-order valence-electron chi connectivity index (χ3n) is 4.47. The molecule has 1 amide bonds. The number of benzene rings is 2. The summed E-state index contributed by atoms with van der Waals surface area (Å²) in [6.07, 6.45) is 2.97. The smallest absolute Gasteiger partial charge is 0.267 e. The molecule has 2 N–H and O–H groups in total. The van der Waals surface area contributed by atoms with Gasteiger partial charge in [-0.25, -0.2) is 15.0 Å². The Morgan fingerprint density at radius 3 is 2.74 bits per heavy atom. The Labute approximate surface area is 188 Å². The molecule has 9 heteroatoms. The lowest BCUT2D eigenvalue weighted by Gasteiger charge is -2.09. The molecule has 0 atom stereocenters. The normalized spacial score (nSPS) is 10.5. The number of amides is 1. The first kappa shape index (κ1) is 20.8. The molecule has 7 nitrogen and oxygen atoms in total. The van der Waals surface area contributed by atoms with Crippen molar-refractivity contribution in [2.75, 3.05) is 17.7 Å². The number of methoxy groups -OCH3 is 1. The first-order chi connectivity index (χ1) is 15.0. The van der Waals surface area contributed by atoms with Crippen LogP contribution in [0.4, 0.5) is 16.6 Å². The van der Waals surface area contributed by atoms with Crippen molar-refractivity contribution in [3.63, 3.8) is 0 Å². The number of halogens is 1. The zero-order chi connectivity index (χ0) is 21.8. The number of hydrogen-bond donors (Lipinski definition) is 2. The molecule has 0 unspecified atom stereocenters. The van der Waals surface area contributed by atoms with Crippen LogP contribution in [0.15, 0.2) is 61.1 Å². The molecule has 0 saturated heterocycles. The van der Waals surface area contributed by atoms with E-state index in [4.69, 9.17) is 16.3 Å². The molecule has 2 aromatic carbocycles. The van der Waals surface area contributed by atoms with Gasteiger partial charge in [0.05, 0.1) is 29.7 Å². The maximum Gasteiger partial charge on any atom is 0.267 e. The summed E-state index contributed by atoms with van der Waals surface area (Å²) >= 11 is 7.41. The number of carbonyl (C=O) groups is 1. The average molecular weight is 452 g/mol. The lowest BCUT2D eigenvalue weighted by Crippen LogP contribution is -2.11. The van der Waals surface area contributed by atoms with Gasteiger partial charge >= 0.3 is 0 Å². The molecule has 0 aliphatic carbocycles. The van der Waals surface area contributed by atoms with E-state index in [0.717, 1.165) is 16.9 Å². The van der Waals surface area contributed by atoms with Gasteiger partial charge in [-0.05, 0) is 30.7 Å². The van der Waals surface area contributed by atoms with Gasteiger partial charge in [-0.2, -0.15) is 0 Å². The van der Waals surface area contributed by atoms with Crippen molar-refractivity contribution < 1.29 is 9.53 Å². The van der Waals surface area contributed by atoms with Gasteiger partial charge in [0.1, 0.15) is 22.8 Å². The fraction of sp³-hybridized carbons (Fsp3) is 0.0909. The highest BCUT2D eigenvalue weighted by molar-refractivity contribution is 7.17. The van der Waals surface area contributed by atoms with Crippen molar-refractivity contribution in [3.05, 3.63) is 76.5 Å². The summed E-state index contributed by atoms with van der Waals surface area (Å²) in [6, 6.07) is 14.9. The quantitative estimate of drug-likeness (QED) is 0.398. The number of para-hydroxylation sites is 2. The average Bonchev–Trinajstić information content (AvgIpc) is 3.25. The fourth-order valence-electron chi connectivity index (χ4n) is 2.94. The predicted octanol–water partition coefficient (Wildman–Crippen LogP) is 5.57. The summed E-state index contributed by atoms with van der Waals surface area (Å²) in [5.41, 5.74) is 3.03. The molecule has 0 aliphatic rings. The third kappa shape index (κ3) is 4.65. The molecule has 4 rings (SSSR count). The number of aryl methyl sites for hydroxylation is 1. The maximum atomic E-state index is 12.6. The highest BCUT2D eigenvalue weighted by atomic mass is 35.5. The molecule has 0 spiro atoms. The van der Waals surface area contributed by atoms with E-state index in [-0.39, 0.29) is 5.91 Å². The number of rotatable bonds is 6. The number of anilines is 3. The van der Waals surface area contributed by atoms with Crippen LogP contribution in [0.25, 0.3) is 11.3 Å². The molecule has 0 aliphatic heterocycles. The lowest BCUT2D eigenvalue weighted by atomic mass is 10.1. The summed E-state index contributed by atoms with van der Waals surface area (Å²) < 4.78 is 5.41. The largest absolute Gasteiger partial charge is 0.496 e. The van der Waals surface area contributed by atoms with Crippen molar-refractivity contribution in [2.45, 2.75) is 6.92 Å². The van der Waals surface area contributed by atoms with Gasteiger partial charge in [0.15, 0.2) is 5.13 Å². The maximum absolute atomic E-state index is 12.6. The molecule has 0 bridgehead atoms. The van der Waals surface area contributed by atoms with Gasteiger partial charge in [0, 0.05) is 11.6 Å². The zero-order valence-electron chi connectivity index (χ0n) is 16.7. The second-order valence-corrected chi connectivity index (χ2v) is 7.97. The SMILES string of the molecule is COc1ccccc1-c1cc(Nc2ncc(C(=O)Nc3c(C)cccc3Cl)s2)ncn1. The van der Waals surface area contributed by atoms with Crippen molar-refractivity contribution >= 4 is 45.5 Å². The van der Waals surface area contributed by atoms with Crippen LogP contribution in [-0.2, 0) is 0 Å². The van der Waals surface area contributed by atoms with Crippen LogP contribution in [0, 0.1) is 6.92 Å². The summed E-state index contributed by atoms with van der Waals surface area (Å²) in [5.74, 6) is 0.994. The van der Waals surface area contributed by atoms with E-state index >= 15 is 0 Å². The Kier molecular flexibility index (Phi) is 6.11. The zero-order valence-corrected chi connectivity index (χ0v) is 18.3. The molecular weight excluding hydrogens is 434 g/mol. The van der Waals surface area contributed by atoms with Crippen LogP contribution < -0.4 is 15.4 Å². The minimum Gasteiger partial charge on any atom is -0.496 e. The van der Waals surface area contributed by atoms with Gasteiger partial charge in [0.2, 0.25) is 0 Å². The Balaban J connectivity index is 1.51. The van der Waals surface area contributed by atoms with Gasteiger partial charge in [-0.1, -0.05) is 47.2 Å². The number of thiazole rings is 1. The Bertz CT molecular complexity index is 1220. The van der Waals surface area contributed by atoms with E-state index in [9.17, 15) is 4.79 Å². The number of ether oxygens (including phenoxy) is 1. The van der Waals surface area contributed by atoms with Crippen molar-refractivity contribution in [2.24, 2.45) is 0 Å². The molecule has 0 saturated carbocycles. The molecule has 31 heavy (non-hydrogen) atoms. The monoisotopic (exact) mass is 451 g/mol. The Morgan fingerprint density at radius 2 is 1.94 bits per heavy atom. The number of carbonyl (C=O) groups excluding carboxylic acids is 1. The molecule has 156 valence electrons. The summed E-state index contributed by atoms with van der Waals surface area (Å²) in [7, 11) is 1.62. The van der Waals surface area contributed by atoms with Crippen LogP contribution in [0.3, 0.4) is 0 Å². The molecule has 0 radical (unpaired) electrons. The highest BCUT2D eigenvalue weighted by Gasteiger charge is 2.15. The first-order valence-corrected chi connectivity index (χ1v) is 10.5. The minimum atomic E-state index is -0.279. The van der Waals surface area contributed by atoms with Gasteiger partial charge in [-0.3, -0.25) is 4.79 Å². The molecule has 4 aromatic rings. The number of hydrogen-bond acceptors (Lipinski definition) is 7. The number of nitrogens with zero attached hydrogens (tertiary/aromatic N) is 3. The summed E-state index contributed by atoms with van der Waals surface area (Å²) in [5, 5.41) is 6.99. The van der Waals surface area contributed by atoms with Crippen LogP contribution in [0.2, 0.25) is 5.02 Å². The summed E-state index contributed by atoms with van der Waals surface area (Å²) in [6.45, 7) is 1.88. The van der Waals surface area contributed by atoms with E-state index < -0.39 is 0 Å². The standard InChI is InChI=1S/C22H18ClN5O2S/c1-13-6-5-8-15(23)20(13)28-21(29)18-11-24-22(31-18)27-19-10-16(25-12-26-19)14-7-3-4-9-17(14)30-2/h3-12H,1-2H3,(H,28,29)(H,24,25,26,27). The van der Waals surface area contributed by atoms with Crippen LogP contribution in [0.5, 0.6) is 5.75 Å².